The van der Waals surface area contributed by atoms with E-state index < -0.39 is 12.1 Å². The van der Waals surface area contributed by atoms with Crippen LogP contribution in [0.5, 0.6) is 0 Å². The van der Waals surface area contributed by atoms with Crippen LogP contribution in [0.3, 0.4) is 0 Å². The second kappa shape index (κ2) is 9.04. The zero-order chi connectivity index (χ0) is 12.6. The smallest absolute Gasteiger partial charge is 0.321 e. The highest BCUT2D eigenvalue weighted by molar-refractivity contribution is 14.1. The van der Waals surface area contributed by atoms with E-state index in [2.05, 4.69) is 0 Å². The van der Waals surface area contributed by atoms with E-state index >= 15 is 0 Å². The van der Waals surface area contributed by atoms with Crippen LogP contribution >= 0.6 is 34.2 Å². The van der Waals surface area contributed by atoms with E-state index in [0.29, 0.717) is 17.0 Å². The molecule has 94 valence electrons. The van der Waals surface area contributed by atoms with Crippen molar-refractivity contribution in [1.29, 1.82) is 0 Å². The Hall–Kier alpha value is -0.0400. The van der Waals surface area contributed by atoms with Crippen molar-refractivity contribution in [2.75, 3.05) is 16.9 Å². The number of ether oxygens (including phenoxy) is 2. The van der Waals surface area contributed by atoms with Crippen LogP contribution in [0.4, 0.5) is 0 Å². The number of carbonyl (C=O) groups excluding carboxylic acids is 2. The highest BCUT2D eigenvalue weighted by atomic mass is 127. The maximum Gasteiger partial charge on any atom is 0.321 e. The van der Waals surface area contributed by atoms with Crippen LogP contribution in [0.25, 0.3) is 0 Å². The average molecular weight is 363 g/mol. The predicted molar refractivity (Wildman–Crippen MR) is 69.9 cm³/mol. The molecule has 0 saturated carbocycles. The molecular formula is C10H16ClIO4. The molecule has 0 saturated heterocycles. The van der Waals surface area contributed by atoms with Crippen LogP contribution in [0.1, 0.15) is 20.3 Å². The Morgan fingerprint density at radius 2 is 1.94 bits per heavy atom. The number of hydrogen-bond acceptors (Lipinski definition) is 4. The van der Waals surface area contributed by atoms with E-state index in [1.165, 1.54) is 0 Å². The maximum atomic E-state index is 11.3. The lowest BCUT2D eigenvalue weighted by Gasteiger charge is -2.14. The summed E-state index contributed by atoms with van der Waals surface area (Å²) >= 11 is 7.35. The molecule has 0 rings (SSSR count). The molecule has 0 aromatic heterocycles. The minimum absolute atomic E-state index is 0.0816. The largest absolute Gasteiger partial charge is 0.465 e. The Balaban J connectivity index is 3.92. The number of esters is 2. The highest BCUT2D eigenvalue weighted by Crippen LogP contribution is 2.06. The summed E-state index contributed by atoms with van der Waals surface area (Å²) in [5.41, 5.74) is 0. The molecule has 0 aliphatic rings. The Kier molecular flexibility index (Phi) is 9.02. The SMILES string of the molecule is CC(C)COC(=O)CC(CI)OC(=O)CCl. The minimum Gasteiger partial charge on any atom is -0.465 e. The summed E-state index contributed by atoms with van der Waals surface area (Å²) in [5, 5.41) is 0. The standard InChI is InChI=1S/C10H16ClIO4/c1-7(2)6-15-9(13)3-8(5-12)16-10(14)4-11/h7-8H,3-6H2,1-2H3. The molecule has 0 heterocycles. The fourth-order valence-corrected chi connectivity index (χ4v) is 1.40. The number of alkyl halides is 2. The Labute approximate surface area is 114 Å². The second-order valence-electron chi connectivity index (χ2n) is 3.68. The topological polar surface area (TPSA) is 52.6 Å². The van der Waals surface area contributed by atoms with E-state index in [1.54, 1.807) is 0 Å². The lowest BCUT2D eigenvalue weighted by molar-refractivity contribution is -0.152. The molecule has 0 aromatic rings. The molecule has 1 unspecified atom stereocenters. The van der Waals surface area contributed by atoms with E-state index in [1.807, 2.05) is 36.4 Å². The summed E-state index contributed by atoms with van der Waals surface area (Å²) in [6, 6.07) is 0. The molecule has 0 fully saturated rings. The van der Waals surface area contributed by atoms with Gasteiger partial charge in [0.25, 0.3) is 0 Å². The lowest BCUT2D eigenvalue weighted by atomic mass is 10.2. The third-order valence-electron chi connectivity index (χ3n) is 1.55. The minimum atomic E-state index is -0.514. The number of carbonyl (C=O) groups is 2. The molecule has 1 atom stereocenters. The molecule has 0 aliphatic heterocycles. The van der Waals surface area contributed by atoms with Gasteiger partial charge < -0.3 is 9.47 Å². The van der Waals surface area contributed by atoms with Gasteiger partial charge in [-0.15, -0.1) is 11.6 Å². The summed E-state index contributed by atoms with van der Waals surface area (Å²) in [7, 11) is 0. The van der Waals surface area contributed by atoms with Gasteiger partial charge in [0.1, 0.15) is 12.0 Å². The fourth-order valence-electron chi connectivity index (χ4n) is 0.850. The highest BCUT2D eigenvalue weighted by Gasteiger charge is 2.18. The van der Waals surface area contributed by atoms with E-state index in [4.69, 9.17) is 21.1 Å². The number of rotatable bonds is 7. The quantitative estimate of drug-likeness (QED) is 0.396. The zero-order valence-corrected chi connectivity index (χ0v) is 12.3. The first-order chi connectivity index (χ1) is 7.49. The summed E-state index contributed by atoms with van der Waals surface area (Å²) in [6.45, 7) is 4.30. The molecule has 4 nitrogen and oxygen atoms in total. The molecule has 0 radical (unpaired) electrons. The summed E-state index contributed by atoms with van der Waals surface area (Å²) in [4.78, 5) is 22.3. The van der Waals surface area contributed by atoms with Crippen LogP contribution in [0.2, 0.25) is 0 Å². The van der Waals surface area contributed by atoms with Crippen molar-refractivity contribution in [3.63, 3.8) is 0 Å². The maximum absolute atomic E-state index is 11.3. The fraction of sp³-hybridized carbons (Fsp3) is 0.800. The first-order valence-corrected chi connectivity index (χ1v) is 7.02. The van der Waals surface area contributed by atoms with Crippen LogP contribution in [0.15, 0.2) is 0 Å². The van der Waals surface area contributed by atoms with Gasteiger partial charge in [0.2, 0.25) is 0 Å². The number of hydrogen-bond donors (Lipinski definition) is 0. The van der Waals surface area contributed by atoms with Crippen molar-refractivity contribution in [3.05, 3.63) is 0 Å². The van der Waals surface area contributed by atoms with Gasteiger partial charge in [-0.1, -0.05) is 36.4 Å². The van der Waals surface area contributed by atoms with Gasteiger partial charge in [0.05, 0.1) is 13.0 Å². The Morgan fingerprint density at radius 3 is 2.38 bits per heavy atom. The third-order valence-corrected chi connectivity index (χ3v) is 2.75. The van der Waals surface area contributed by atoms with Gasteiger partial charge in [-0.3, -0.25) is 9.59 Å². The lowest BCUT2D eigenvalue weighted by Crippen LogP contribution is -2.25. The van der Waals surface area contributed by atoms with Crippen molar-refractivity contribution in [1.82, 2.24) is 0 Å². The van der Waals surface area contributed by atoms with Crippen molar-refractivity contribution in [2.45, 2.75) is 26.4 Å². The van der Waals surface area contributed by atoms with Crippen LogP contribution in [0, 0.1) is 5.92 Å². The zero-order valence-electron chi connectivity index (χ0n) is 9.37. The van der Waals surface area contributed by atoms with Crippen LogP contribution < -0.4 is 0 Å². The summed E-state index contributed by atoms with van der Waals surface area (Å²) in [6.07, 6.45) is -0.371. The molecule has 16 heavy (non-hydrogen) atoms. The molecule has 0 bridgehead atoms. The van der Waals surface area contributed by atoms with Crippen molar-refractivity contribution in [3.8, 4) is 0 Å². The van der Waals surface area contributed by atoms with Gasteiger partial charge >= 0.3 is 11.9 Å². The molecule has 0 aliphatic carbocycles. The van der Waals surface area contributed by atoms with E-state index in [-0.39, 0.29) is 18.3 Å². The van der Waals surface area contributed by atoms with Crippen molar-refractivity contribution in [2.24, 2.45) is 5.92 Å². The first kappa shape index (κ1) is 16.0. The van der Waals surface area contributed by atoms with Crippen molar-refractivity contribution < 1.29 is 19.1 Å². The monoisotopic (exact) mass is 362 g/mol. The van der Waals surface area contributed by atoms with Crippen molar-refractivity contribution >= 4 is 46.1 Å². The summed E-state index contributed by atoms with van der Waals surface area (Å²) in [5.74, 6) is -0.765. The number of halogens is 2. The van der Waals surface area contributed by atoms with E-state index in [0.717, 1.165) is 0 Å². The van der Waals surface area contributed by atoms with E-state index in [9.17, 15) is 9.59 Å². The van der Waals surface area contributed by atoms with Gasteiger partial charge in [0.15, 0.2) is 0 Å². The van der Waals surface area contributed by atoms with Gasteiger partial charge in [-0.2, -0.15) is 0 Å². The molecule has 0 aromatic carbocycles. The molecule has 0 amide bonds. The average Bonchev–Trinajstić information content (AvgIpc) is 2.25. The third kappa shape index (κ3) is 8.15. The first-order valence-electron chi connectivity index (χ1n) is 4.96. The second-order valence-corrected chi connectivity index (χ2v) is 4.83. The van der Waals surface area contributed by atoms with Gasteiger partial charge in [0, 0.05) is 4.43 Å². The molecule has 6 heteroatoms. The Bertz CT molecular complexity index is 233. The summed E-state index contributed by atoms with van der Waals surface area (Å²) < 4.78 is 10.5. The Morgan fingerprint density at radius 1 is 1.31 bits per heavy atom. The van der Waals surface area contributed by atoms with Gasteiger partial charge in [-0.25, -0.2) is 0 Å². The predicted octanol–water partition coefficient (Wildman–Crippen LogP) is 2.16. The van der Waals surface area contributed by atoms with Crippen LogP contribution in [-0.4, -0.2) is 35.0 Å². The molecule has 0 N–H and O–H groups in total. The molecule has 0 spiro atoms. The van der Waals surface area contributed by atoms with Gasteiger partial charge in [-0.05, 0) is 5.92 Å². The normalized spacial score (nSPS) is 12.3. The molecular weight excluding hydrogens is 346 g/mol. The van der Waals surface area contributed by atoms with Crippen LogP contribution in [-0.2, 0) is 19.1 Å².